The van der Waals surface area contributed by atoms with Crippen molar-refractivity contribution < 1.29 is 9.47 Å². The number of rotatable bonds is 7. The van der Waals surface area contributed by atoms with E-state index >= 15 is 0 Å². The summed E-state index contributed by atoms with van der Waals surface area (Å²) in [5.41, 5.74) is 3.13. The lowest BCUT2D eigenvalue weighted by Crippen LogP contribution is -2.46. The molecular formula is C26H35N7O2. The number of aromatic nitrogens is 4. The molecule has 3 aliphatic rings. The Bertz CT molecular complexity index is 1170. The van der Waals surface area contributed by atoms with Crippen molar-refractivity contribution >= 4 is 22.9 Å². The number of imidazole rings is 1. The maximum atomic E-state index is 5.55. The van der Waals surface area contributed by atoms with Crippen LogP contribution >= 0.6 is 0 Å². The predicted octanol–water partition coefficient (Wildman–Crippen LogP) is 4.20. The summed E-state index contributed by atoms with van der Waals surface area (Å²) in [4.78, 5) is 19.6. The van der Waals surface area contributed by atoms with E-state index in [1.165, 1.54) is 37.7 Å². The van der Waals surface area contributed by atoms with Crippen molar-refractivity contribution in [2.45, 2.75) is 58.0 Å². The molecule has 9 nitrogen and oxygen atoms in total. The first kappa shape index (κ1) is 22.4. The second-order valence-corrected chi connectivity index (χ2v) is 9.87. The maximum absolute atomic E-state index is 5.55. The summed E-state index contributed by atoms with van der Waals surface area (Å²) in [7, 11) is 0. The third kappa shape index (κ3) is 4.61. The molecule has 1 N–H and O–H groups in total. The number of nitrogens with zero attached hydrogens (tertiary/aromatic N) is 6. The molecule has 0 atom stereocenters. The fraction of sp³-hybridized carbons (Fsp3) is 0.577. The van der Waals surface area contributed by atoms with Crippen LogP contribution in [0.4, 0.5) is 11.8 Å². The van der Waals surface area contributed by atoms with Gasteiger partial charge in [-0.05, 0) is 37.0 Å². The lowest BCUT2D eigenvalue weighted by molar-refractivity contribution is 0.174. The van der Waals surface area contributed by atoms with Crippen molar-refractivity contribution in [2.75, 3.05) is 49.7 Å². The summed E-state index contributed by atoms with van der Waals surface area (Å²) in [6.07, 6.45) is 9.36. The molecule has 3 aromatic rings. The highest BCUT2D eigenvalue weighted by molar-refractivity contribution is 5.84. The number of hydrogen-bond donors (Lipinski definition) is 1. The summed E-state index contributed by atoms with van der Waals surface area (Å²) in [6.45, 7) is 8.02. The molecule has 35 heavy (non-hydrogen) atoms. The standard InChI is InChI=1S/C26H35N7O2/c1-2-10-27-24-23-25(33(17-28-23)20-6-4-3-5-7-20)30-26(29-24)32-13-11-31(12-14-32)16-19-8-9-21-22(15-19)35-18-34-21/h8-9,15,17,20H,2-7,10-14,16,18H2,1H3,(H,27,29,30). The zero-order valence-corrected chi connectivity index (χ0v) is 20.6. The fourth-order valence-electron chi connectivity index (χ4n) is 5.44. The molecule has 6 rings (SSSR count). The van der Waals surface area contributed by atoms with Crippen LogP contribution in [0.5, 0.6) is 11.5 Å². The summed E-state index contributed by atoms with van der Waals surface area (Å²) >= 11 is 0. The van der Waals surface area contributed by atoms with E-state index in [4.69, 9.17) is 24.4 Å². The molecule has 0 bridgehead atoms. The SMILES string of the molecule is CCCNc1nc(N2CCN(Cc3ccc4c(c3)OCO4)CC2)nc2c1ncn2C1CCCCC1. The zero-order valence-electron chi connectivity index (χ0n) is 20.6. The van der Waals surface area contributed by atoms with E-state index in [9.17, 15) is 0 Å². The topological polar surface area (TPSA) is 80.6 Å². The molecule has 0 amide bonds. The molecular weight excluding hydrogens is 442 g/mol. The second-order valence-electron chi connectivity index (χ2n) is 9.87. The molecule has 0 spiro atoms. The van der Waals surface area contributed by atoms with Gasteiger partial charge in [0.15, 0.2) is 28.5 Å². The quantitative estimate of drug-likeness (QED) is 0.542. The van der Waals surface area contributed by atoms with E-state index < -0.39 is 0 Å². The van der Waals surface area contributed by atoms with Gasteiger partial charge in [0.2, 0.25) is 12.7 Å². The Morgan fingerprint density at radius 2 is 1.83 bits per heavy atom. The highest BCUT2D eigenvalue weighted by Crippen LogP contribution is 2.34. The minimum Gasteiger partial charge on any atom is -0.454 e. The first-order chi connectivity index (χ1) is 17.3. The van der Waals surface area contributed by atoms with Gasteiger partial charge >= 0.3 is 0 Å². The van der Waals surface area contributed by atoms with Gasteiger partial charge in [-0.2, -0.15) is 9.97 Å². The van der Waals surface area contributed by atoms with Crippen LogP contribution in [0.2, 0.25) is 0 Å². The Balaban J connectivity index is 1.19. The molecule has 1 aliphatic carbocycles. The van der Waals surface area contributed by atoms with Gasteiger partial charge in [-0.1, -0.05) is 32.3 Å². The van der Waals surface area contributed by atoms with Crippen LogP contribution in [0.15, 0.2) is 24.5 Å². The van der Waals surface area contributed by atoms with Crippen LogP contribution in [-0.2, 0) is 6.54 Å². The zero-order chi connectivity index (χ0) is 23.6. The van der Waals surface area contributed by atoms with Crippen molar-refractivity contribution in [3.8, 4) is 11.5 Å². The Kier molecular flexibility index (Phi) is 6.33. The molecule has 2 aliphatic heterocycles. The van der Waals surface area contributed by atoms with Gasteiger partial charge in [0, 0.05) is 45.3 Å². The Morgan fingerprint density at radius 1 is 1.00 bits per heavy atom. The summed E-state index contributed by atoms with van der Waals surface area (Å²) in [5.74, 6) is 3.37. The first-order valence-corrected chi connectivity index (χ1v) is 13.1. The van der Waals surface area contributed by atoms with E-state index in [1.807, 2.05) is 12.4 Å². The van der Waals surface area contributed by atoms with Gasteiger partial charge in [-0.3, -0.25) is 4.90 Å². The molecule has 1 aromatic carbocycles. The van der Waals surface area contributed by atoms with Crippen molar-refractivity contribution in [3.63, 3.8) is 0 Å². The van der Waals surface area contributed by atoms with E-state index in [-0.39, 0.29) is 0 Å². The molecule has 9 heteroatoms. The average molecular weight is 478 g/mol. The largest absolute Gasteiger partial charge is 0.454 e. The number of ether oxygens (including phenoxy) is 2. The third-order valence-electron chi connectivity index (χ3n) is 7.42. The molecule has 0 radical (unpaired) electrons. The Morgan fingerprint density at radius 3 is 2.66 bits per heavy atom. The predicted molar refractivity (Wildman–Crippen MR) is 136 cm³/mol. The van der Waals surface area contributed by atoms with E-state index in [0.717, 1.165) is 80.1 Å². The number of hydrogen-bond acceptors (Lipinski definition) is 8. The van der Waals surface area contributed by atoms with Crippen LogP contribution in [-0.4, -0.2) is 63.9 Å². The number of anilines is 2. The van der Waals surface area contributed by atoms with Crippen molar-refractivity contribution in [1.29, 1.82) is 0 Å². The second kappa shape index (κ2) is 9.89. The first-order valence-electron chi connectivity index (χ1n) is 13.1. The summed E-state index contributed by atoms with van der Waals surface area (Å²) < 4.78 is 13.3. The lowest BCUT2D eigenvalue weighted by Gasteiger charge is -2.35. The van der Waals surface area contributed by atoms with Crippen LogP contribution in [0.3, 0.4) is 0 Å². The van der Waals surface area contributed by atoms with Gasteiger partial charge in [0.25, 0.3) is 0 Å². The van der Waals surface area contributed by atoms with Crippen LogP contribution in [0.1, 0.15) is 57.1 Å². The molecule has 1 saturated heterocycles. The molecule has 186 valence electrons. The number of piperazine rings is 1. The van der Waals surface area contributed by atoms with Crippen molar-refractivity contribution in [2.24, 2.45) is 0 Å². The number of benzene rings is 1. The monoisotopic (exact) mass is 477 g/mol. The molecule has 2 fully saturated rings. The molecule has 4 heterocycles. The van der Waals surface area contributed by atoms with Crippen LogP contribution in [0.25, 0.3) is 11.2 Å². The number of nitrogens with one attached hydrogen (secondary N) is 1. The summed E-state index contributed by atoms with van der Waals surface area (Å²) in [6, 6.07) is 6.74. The van der Waals surface area contributed by atoms with Crippen LogP contribution < -0.4 is 19.7 Å². The summed E-state index contributed by atoms with van der Waals surface area (Å²) in [5, 5.41) is 3.51. The van der Waals surface area contributed by atoms with Gasteiger partial charge in [-0.25, -0.2) is 4.98 Å². The normalized spacial score (nSPS) is 18.9. The van der Waals surface area contributed by atoms with E-state index in [0.29, 0.717) is 12.8 Å². The number of fused-ring (bicyclic) bond motifs is 2. The minimum absolute atomic E-state index is 0.316. The Hall–Kier alpha value is -3.07. The van der Waals surface area contributed by atoms with E-state index in [1.54, 1.807) is 0 Å². The van der Waals surface area contributed by atoms with E-state index in [2.05, 4.69) is 38.7 Å². The van der Waals surface area contributed by atoms with Gasteiger partial charge < -0.3 is 24.3 Å². The highest BCUT2D eigenvalue weighted by Gasteiger charge is 2.25. The third-order valence-corrected chi connectivity index (χ3v) is 7.42. The maximum Gasteiger partial charge on any atom is 0.231 e. The average Bonchev–Trinajstić information content (AvgIpc) is 3.55. The minimum atomic E-state index is 0.316. The fourth-order valence-corrected chi connectivity index (χ4v) is 5.44. The van der Waals surface area contributed by atoms with Gasteiger partial charge in [0.05, 0.1) is 6.33 Å². The Labute approximate surface area is 206 Å². The smallest absolute Gasteiger partial charge is 0.231 e. The van der Waals surface area contributed by atoms with Gasteiger partial charge in [-0.15, -0.1) is 0 Å². The van der Waals surface area contributed by atoms with Crippen molar-refractivity contribution in [1.82, 2.24) is 24.4 Å². The molecule has 2 aromatic heterocycles. The lowest BCUT2D eigenvalue weighted by atomic mass is 9.95. The highest BCUT2D eigenvalue weighted by atomic mass is 16.7. The van der Waals surface area contributed by atoms with Gasteiger partial charge in [0.1, 0.15) is 0 Å². The van der Waals surface area contributed by atoms with Crippen LogP contribution in [0, 0.1) is 0 Å². The van der Waals surface area contributed by atoms with Crippen molar-refractivity contribution in [3.05, 3.63) is 30.1 Å². The molecule has 1 saturated carbocycles. The molecule has 0 unspecified atom stereocenters.